The molecule has 0 atom stereocenters. The first-order chi connectivity index (χ1) is 13.3. The second-order valence-corrected chi connectivity index (χ2v) is 7.44. The predicted molar refractivity (Wildman–Crippen MR) is 102 cm³/mol. The van der Waals surface area contributed by atoms with Crippen molar-refractivity contribution in [2.24, 2.45) is 5.14 Å². The highest BCUT2D eigenvalue weighted by atomic mass is 32.2. The van der Waals surface area contributed by atoms with Crippen LogP contribution in [0.25, 0.3) is 0 Å². The Labute approximate surface area is 163 Å². The Balaban J connectivity index is 2.09. The van der Waals surface area contributed by atoms with Gasteiger partial charge in [-0.15, -0.1) is 0 Å². The van der Waals surface area contributed by atoms with E-state index in [1.165, 1.54) is 19.2 Å². The molecule has 2 rings (SSSR count). The van der Waals surface area contributed by atoms with Gasteiger partial charge in [-0.05, 0) is 30.7 Å². The number of benzene rings is 2. The molecule has 8 nitrogen and oxygen atoms in total. The fourth-order valence-electron chi connectivity index (χ4n) is 2.50. The number of rotatable bonds is 8. The standard InChI is InChI=1S/C19H22N2O6S/c1-3-21(12-14-7-5-4-6-8-14)18(22)13-27-19(23)16-11-15(28(20,24)25)9-10-17(16)26-2/h4-11H,3,12-13H2,1-2H3,(H2,20,24,25). The minimum atomic E-state index is -4.01. The topological polar surface area (TPSA) is 116 Å². The number of sulfonamides is 1. The number of ether oxygens (including phenoxy) is 2. The fraction of sp³-hybridized carbons (Fsp3) is 0.263. The lowest BCUT2D eigenvalue weighted by atomic mass is 10.2. The molecule has 0 heterocycles. The molecule has 9 heteroatoms. The van der Waals surface area contributed by atoms with Crippen molar-refractivity contribution < 1.29 is 27.5 Å². The van der Waals surface area contributed by atoms with Gasteiger partial charge in [0.05, 0.1) is 12.0 Å². The minimum absolute atomic E-state index is 0.112. The summed E-state index contributed by atoms with van der Waals surface area (Å²) < 4.78 is 33.1. The van der Waals surface area contributed by atoms with E-state index in [1.807, 2.05) is 37.3 Å². The van der Waals surface area contributed by atoms with E-state index in [4.69, 9.17) is 14.6 Å². The first-order valence-corrected chi connectivity index (χ1v) is 10.0. The molecule has 0 unspecified atom stereocenters. The van der Waals surface area contributed by atoms with Crippen LogP contribution in [0.15, 0.2) is 53.4 Å². The smallest absolute Gasteiger partial charge is 0.342 e. The molecule has 150 valence electrons. The van der Waals surface area contributed by atoms with Gasteiger partial charge in [0.1, 0.15) is 11.3 Å². The van der Waals surface area contributed by atoms with Crippen molar-refractivity contribution in [3.05, 3.63) is 59.7 Å². The van der Waals surface area contributed by atoms with Gasteiger partial charge in [0.15, 0.2) is 6.61 Å². The van der Waals surface area contributed by atoms with Crippen molar-refractivity contribution >= 4 is 21.9 Å². The van der Waals surface area contributed by atoms with Gasteiger partial charge in [0.25, 0.3) is 5.91 Å². The van der Waals surface area contributed by atoms with Crippen LogP contribution in [0, 0.1) is 0 Å². The maximum absolute atomic E-state index is 12.4. The zero-order chi connectivity index (χ0) is 20.7. The molecular weight excluding hydrogens is 384 g/mol. The van der Waals surface area contributed by atoms with Crippen molar-refractivity contribution in [1.82, 2.24) is 4.90 Å². The average Bonchev–Trinajstić information content (AvgIpc) is 2.69. The summed E-state index contributed by atoms with van der Waals surface area (Å²) in [4.78, 5) is 26.0. The van der Waals surface area contributed by atoms with Crippen molar-refractivity contribution in [3.63, 3.8) is 0 Å². The van der Waals surface area contributed by atoms with E-state index in [2.05, 4.69) is 0 Å². The third kappa shape index (κ3) is 5.54. The maximum atomic E-state index is 12.4. The molecule has 0 spiro atoms. The van der Waals surface area contributed by atoms with E-state index < -0.39 is 22.6 Å². The summed E-state index contributed by atoms with van der Waals surface area (Å²) in [6.45, 7) is 2.16. The van der Waals surface area contributed by atoms with E-state index in [0.717, 1.165) is 11.6 Å². The summed E-state index contributed by atoms with van der Waals surface area (Å²) in [7, 11) is -2.68. The summed E-state index contributed by atoms with van der Waals surface area (Å²) in [5, 5.41) is 5.09. The van der Waals surface area contributed by atoms with Crippen molar-refractivity contribution in [1.29, 1.82) is 0 Å². The normalized spacial score (nSPS) is 11.0. The third-order valence-corrected chi connectivity index (χ3v) is 4.91. The van der Waals surface area contributed by atoms with Gasteiger partial charge in [-0.3, -0.25) is 4.79 Å². The van der Waals surface area contributed by atoms with Crippen molar-refractivity contribution in [3.8, 4) is 5.75 Å². The molecule has 0 aliphatic rings. The molecule has 1 amide bonds. The molecule has 0 saturated heterocycles. The summed E-state index contributed by atoms with van der Waals surface area (Å²) in [5.41, 5.74) is 0.819. The van der Waals surface area contributed by atoms with E-state index >= 15 is 0 Å². The molecular formula is C19H22N2O6S. The molecule has 0 bridgehead atoms. The Morgan fingerprint density at radius 2 is 1.79 bits per heavy atom. The van der Waals surface area contributed by atoms with E-state index in [9.17, 15) is 18.0 Å². The Kier molecular flexibility index (Phi) is 7.13. The first-order valence-electron chi connectivity index (χ1n) is 8.46. The Morgan fingerprint density at radius 3 is 2.36 bits per heavy atom. The quantitative estimate of drug-likeness (QED) is 0.665. The zero-order valence-corrected chi connectivity index (χ0v) is 16.4. The molecule has 0 aliphatic carbocycles. The number of amides is 1. The molecule has 0 fully saturated rings. The Hall–Kier alpha value is -2.91. The van der Waals surface area contributed by atoms with E-state index in [1.54, 1.807) is 4.90 Å². The van der Waals surface area contributed by atoms with Crippen LogP contribution in [0.4, 0.5) is 0 Å². The van der Waals surface area contributed by atoms with Crippen molar-refractivity contribution in [2.45, 2.75) is 18.4 Å². The lowest BCUT2D eigenvalue weighted by molar-refractivity contribution is -0.134. The zero-order valence-electron chi connectivity index (χ0n) is 15.6. The number of likely N-dealkylation sites (N-methyl/N-ethyl adjacent to an activating group) is 1. The highest BCUT2D eigenvalue weighted by molar-refractivity contribution is 7.89. The number of primary sulfonamides is 1. The number of nitrogens with zero attached hydrogens (tertiary/aromatic N) is 1. The number of nitrogens with two attached hydrogens (primary N) is 1. The lowest BCUT2D eigenvalue weighted by Gasteiger charge is -2.21. The molecule has 0 aromatic heterocycles. The number of esters is 1. The minimum Gasteiger partial charge on any atom is -0.496 e. The van der Waals surface area contributed by atoms with Crippen LogP contribution in [0.3, 0.4) is 0 Å². The second-order valence-electron chi connectivity index (χ2n) is 5.88. The lowest BCUT2D eigenvalue weighted by Crippen LogP contribution is -2.34. The predicted octanol–water partition coefficient (Wildman–Crippen LogP) is 1.55. The van der Waals surface area contributed by atoms with Gasteiger partial charge < -0.3 is 14.4 Å². The first kappa shape index (κ1) is 21.4. The molecule has 2 N–H and O–H groups in total. The number of hydrogen-bond acceptors (Lipinski definition) is 6. The van der Waals surface area contributed by atoms with Gasteiger partial charge in [-0.1, -0.05) is 30.3 Å². The molecule has 0 aliphatic heterocycles. The largest absolute Gasteiger partial charge is 0.496 e. The molecule has 2 aromatic rings. The summed E-state index contributed by atoms with van der Waals surface area (Å²) >= 11 is 0. The Morgan fingerprint density at radius 1 is 1.11 bits per heavy atom. The molecule has 2 aromatic carbocycles. The number of carbonyl (C=O) groups excluding carboxylic acids is 2. The van der Waals surface area contributed by atoms with Gasteiger partial charge in [0, 0.05) is 13.1 Å². The van der Waals surface area contributed by atoms with Gasteiger partial charge in [0.2, 0.25) is 10.0 Å². The second kappa shape index (κ2) is 9.34. The van der Waals surface area contributed by atoms with E-state index in [0.29, 0.717) is 13.1 Å². The van der Waals surface area contributed by atoms with Crippen LogP contribution in [0.5, 0.6) is 5.75 Å². The number of carbonyl (C=O) groups is 2. The van der Waals surface area contributed by atoms with Gasteiger partial charge >= 0.3 is 5.97 Å². The monoisotopic (exact) mass is 406 g/mol. The maximum Gasteiger partial charge on any atom is 0.342 e. The highest BCUT2D eigenvalue weighted by Gasteiger charge is 2.21. The highest BCUT2D eigenvalue weighted by Crippen LogP contribution is 2.22. The summed E-state index contributed by atoms with van der Waals surface area (Å²) in [5.74, 6) is -1.14. The van der Waals surface area contributed by atoms with Crippen LogP contribution in [-0.4, -0.2) is 45.5 Å². The molecule has 0 saturated carbocycles. The number of hydrogen-bond donors (Lipinski definition) is 1. The third-order valence-electron chi connectivity index (χ3n) is 4.00. The molecule has 28 heavy (non-hydrogen) atoms. The van der Waals surface area contributed by atoms with Crippen LogP contribution in [0.2, 0.25) is 0 Å². The van der Waals surface area contributed by atoms with Crippen LogP contribution < -0.4 is 9.88 Å². The summed E-state index contributed by atoms with van der Waals surface area (Å²) in [6, 6.07) is 13.0. The van der Waals surface area contributed by atoms with Gasteiger partial charge in [-0.2, -0.15) is 0 Å². The van der Waals surface area contributed by atoms with Crippen LogP contribution >= 0.6 is 0 Å². The Bertz CT molecular complexity index is 944. The average molecular weight is 406 g/mol. The number of methoxy groups -OCH3 is 1. The van der Waals surface area contributed by atoms with Crippen molar-refractivity contribution in [2.75, 3.05) is 20.3 Å². The summed E-state index contributed by atoms with van der Waals surface area (Å²) in [6.07, 6.45) is 0. The fourth-order valence-corrected chi connectivity index (χ4v) is 3.04. The van der Waals surface area contributed by atoms with Gasteiger partial charge in [-0.25, -0.2) is 18.4 Å². The van der Waals surface area contributed by atoms with Crippen LogP contribution in [0.1, 0.15) is 22.8 Å². The van der Waals surface area contributed by atoms with Crippen LogP contribution in [-0.2, 0) is 26.1 Å². The SMILES string of the molecule is CCN(Cc1ccccc1)C(=O)COC(=O)c1cc(S(N)(=O)=O)ccc1OC. The molecule has 0 radical (unpaired) electrons. The van der Waals surface area contributed by atoms with E-state index in [-0.39, 0.29) is 22.1 Å².